The van der Waals surface area contributed by atoms with Gasteiger partial charge in [-0.05, 0) is 0 Å². The lowest BCUT2D eigenvalue weighted by Crippen LogP contribution is -1.83. The van der Waals surface area contributed by atoms with Crippen molar-refractivity contribution in [3.05, 3.63) is 18.6 Å². The quantitative estimate of drug-likeness (QED) is 0.375. The predicted octanol–water partition coefficient (Wildman–Crippen LogP) is 2.57. The maximum absolute atomic E-state index is 3.63. The van der Waals surface area contributed by atoms with Gasteiger partial charge in [-0.2, -0.15) is 19.8 Å². The molecule has 0 spiro atoms. The summed E-state index contributed by atoms with van der Waals surface area (Å²) in [6.07, 6.45) is 4.21. The Labute approximate surface area is 46.2 Å². The summed E-state index contributed by atoms with van der Waals surface area (Å²) in [6.45, 7) is 7.95. The molecule has 0 fully saturated rings. The van der Waals surface area contributed by atoms with E-state index in [0.717, 1.165) is 6.42 Å². The van der Waals surface area contributed by atoms with Crippen molar-refractivity contribution in [2.45, 2.75) is 26.7 Å². The summed E-state index contributed by atoms with van der Waals surface area (Å²) in [5.74, 6) is 1.51. The summed E-state index contributed by atoms with van der Waals surface area (Å²) in [6, 6.07) is 0. The zero-order valence-electron chi connectivity index (χ0n) is 5.20. The number of hydrogen-bond donors (Lipinski definition) is 0. The Morgan fingerprint density at radius 2 is 2.29 bits per heavy atom. The molecule has 0 heterocycles. The van der Waals surface area contributed by atoms with Gasteiger partial charge in [0.15, 0.2) is 0 Å². The Morgan fingerprint density at radius 1 is 1.71 bits per heavy atom. The third-order valence-corrected chi connectivity index (χ3v) is 1.10. The molecule has 0 saturated heterocycles. The van der Waals surface area contributed by atoms with E-state index in [-0.39, 0.29) is 0 Å². The molecule has 0 unspecified atom stereocenters. The molecule has 0 rings (SSSR count). The van der Waals surface area contributed by atoms with Gasteiger partial charge in [0, 0.05) is 0 Å². The van der Waals surface area contributed by atoms with E-state index in [4.69, 9.17) is 0 Å². The van der Waals surface area contributed by atoms with Gasteiger partial charge in [0.25, 0.3) is 0 Å². The van der Waals surface area contributed by atoms with Gasteiger partial charge in [-0.15, -0.1) is 12.7 Å². The topological polar surface area (TPSA) is 0 Å². The van der Waals surface area contributed by atoms with Crippen LogP contribution in [0.15, 0.2) is 12.7 Å². The van der Waals surface area contributed by atoms with Crippen molar-refractivity contribution in [3.63, 3.8) is 0 Å². The van der Waals surface area contributed by atoms with Gasteiger partial charge in [0.2, 0.25) is 0 Å². The second-order valence-electron chi connectivity index (χ2n) is 1.80. The van der Waals surface area contributed by atoms with Crippen molar-refractivity contribution in [3.8, 4) is 0 Å². The highest BCUT2D eigenvalue weighted by Gasteiger charge is 1.74. The minimum absolute atomic E-state index is 1.08. The van der Waals surface area contributed by atoms with Crippen molar-refractivity contribution < 1.29 is 0 Å². The maximum atomic E-state index is 3.63. The standard InChI is InChI=1S/C7H13/c1-4-6-7(3)5-2/h4H,1,5-6H2,2-3H3/q-1. The molecule has 0 aliphatic rings. The maximum Gasteiger partial charge on any atom is -0.0923 e. The molecule has 0 aliphatic heterocycles. The van der Waals surface area contributed by atoms with Gasteiger partial charge in [-0.1, -0.05) is 6.92 Å². The molecule has 0 heteroatoms. The van der Waals surface area contributed by atoms with Crippen LogP contribution < -0.4 is 0 Å². The molecule has 0 radical (unpaired) electrons. The van der Waals surface area contributed by atoms with Gasteiger partial charge in [0.05, 0.1) is 0 Å². The van der Waals surface area contributed by atoms with E-state index in [9.17, 15) is 0 Å². The molecular formula is C7H13-. The second-order valence-corrected chi connectivity index (χ2v) is 1.80. The molecule has 7 heavy (non-hydrogen) atoms. The van der Waals surface area contributed by atoms with Crippen molar-refractivity contribution in [1.29, 1.82) is 0 Å². The fraction of sp³-hybridized carbons (Fsp3) is 0.571. The van der Waals surface area contributed by atoms with Crippen LogP contribution in [0.25, 0.3) is 0 Å². The van der Waals surface area contributed by atoms with Crippen molar-refractivity contribution in [2.75, 3.05) is 0 Å². The Morgan fingerprint density at radius 3 is 2.43 bits per heavy atom. The summed E-state index contributed by atoms with van der Waals surface area (Å²) in [5, 5.41) is 0. The fourth-order valence-electron chi connectivity index (χ4n) is 0.391. The highest BCUT2D eigenvalue weighted by molar-refractivity contribution is 4.89. The van der Waals surface area contributed by atoms with Crippen molar-refractivity contribution >= 4 is 0 Å². The van der Waals surface area contributed by atoms with Crippen LogP contribution in [0.5, 0.6) is 0 Å². The molecule has 0 N–H and O–H groups in total. The average Bonchev–Trinajstić information content (AvgIpc) is 1.68. The second kappa shape index (κ2) is 3.91. The van der Waals surface area contributed by atoms with E-state index < -0.39 is 0 Å². The predicted molar refractivity (Wildman–Crippen MR) is 34.0 cm³/mol. The monoisotopic (exact) mass is 97.1 g/mol. The first-order chi connectivity index (χ1) is 3.31. The van der Waals surface area contributed by atoms with Crippen LogP contribution in [0.4, 0.5) is 0 Å². The number of allylic oxidation sites excluding steroid dienone is 1. The summed E-state index contributed by atoms with van der Waals surface area (Å²) in [5.41, 5.74) is 0. The van der Waals surface area contributed by atoms with E-state index in [2.05, 4.69) is 20.4 Å². The van der Waals surface area contributed by atoms with Crippen LogP contribution in [0, 0.1) is 5.92 Å². The van der Waals surface area contributed by atoms with Gasteiger partial charge in [0.1, 0.15) is 0 Å². The van der Waals surface area contributed by atoms with E-state index in [1.165, 1.54) is 12.3 Å². The van der Waals surface area contributed by atoms with Crippen LogP contribution in [0.2, 0.25) is 0 Å². The summed E-state index contributed by atoms with van der Waals surface area (Å²) >= 11 is 0. The van der Waals surface area contributed by atoms with E-state index in [1.807, 2.05) is 6.08 Å². The smallest absolute Gasteiger partial charge is 0.0923 e. The zero-order valence-corrected chi connectivity index (χ0v) is 5.20. The third kappa shape index (κ3) is 3.57. The first-order valence-corrected chi connectivity index (χ1v) is 2.73. The third-order valence-electron chi connectivity index (χ3n) is 1.10. The number of hydrogen-bond acceptors (Lipinski definition) is 0. The van der Waals surface area contributed by atoms with E-state index in [0.29, 0.717) is 0 Å². The highest BCUT2D eigenvalue weighted by atomic mass is 14.0. The molecule has 0 aromatic rings. The molecule has 0 aromatic carbocycles. The Kier molecular flexibility index (Phi) is 3.77. The largest absolute Gasteiger partial charge is 0.313 e. The lowest BCUT2D eigenvalue weighted by atomic mass is 10.1. The molecule has 0 aromatic heterocycles. The van der Waals surface area contributed by atoms with Gasteiger partial charge >= 0.3 is 0 Å². The summed E-state index contributed by atoms with van der Waals surface area (Å²) in [7, 11) is 0. The number of rotatable bonds is 3. The zero-order chi connectivity index (χ0) is 5.70. The first kappa shape index (κ1) is 6.74. The van der Waals surface area contributed by atoms with Gasteiger partial charge in [-0.3, -0.25) is 0 Å². The van der Waals surface area contributed by atoms with Crippen LogP contribution in [-0.4, -0.2) is 0 Å². The Bertz CT molecular complexity index is 46.0. The summed E-state index contributed by atoms with van der Waals surface area (Å²) in [4.78, 5) is 0. The van der Waals surface area contributed by atoms with E-state index >= 15 is 0 Å². The lowest BCUT2D eigenvalue weighted by Gasteiger charge is -2.17. The summed E-state index contributed by atoms with van der Waals surface area (Å²) < 4.78 is 0. The molecule has 0 aliphatic carbocycles. The first-order valence-electron chi connectivity index (χ1n) is 2.73. The average molecular weight is 97.2 g/mol. The lowest BCUT2D eigenvalue weighted by molar-refractivity contribution is 0.861. The van der Waals surface area contributed by atoms with Gasteiger partial charge in [-0.25, -0.2) is 0 Å². The van der Waals surface area contributed by atoms with Crippen molar-refractivity contribution in [1.82, 2.24) is 0 Å². The Hall–Kier alpha value is -0.260. The molecule has 0 amide bonds. The molecule has 0 atom stereocenters. The molecule has 0 nitrogen and oxygen atoms in total. The SMILES string of the molecule is C=CC[C-](C)CC. The van der Waals surface area contributed by atoms with Crippen LogP contribution in [0.3, 0.4) is 0 Å². The van der Waals surface area contributed by atoms with Crippen LogP contribution in [-0.2, 0) is 0 Å². The molecular weight excluding hydrogens is 84.1 g/mol. The van der Waals surface area contributed by atoms with Crippen molar-refractivity contribution in [2.24, 2.45) is 0 Å². The van der Waals surface area contributed by atoms with Gasteiger partial charge < -0.3 is 5.92 Å². The molecule has 0 bridgehead atoms. The minimum Gasteiger partial charge on any atom is -0.313 e. The molecule has 0 saturated carbocycles. The minimum atomic E-state index is 1.08. The fourth-order valence-corrected chi connectivity index (χ4v) is 0.391. The molecule has 42 valence electrons. The van der Waals surface area contributed by atoms with E-state index in [1.54, 1.807) is 0 Å². The van der Waals surface area contributed by atoms with Crippen LogP contribution >= 0.6 is 0 Å². The highest BCUT2D eigenvalue weighted by Crippen LogP contribution is 2.07. The Balaban J connectivity index is 2.98. The van der Waals surface area contributed by atoms with Crippen LogP contribution in [0.1, 0.15) is 26.7 Å². The normalized spacial score (nSPS) is 9.57.